The zero-order valence-electron chi connectivity index (χ0n) is 68.6. The van der Waals surface area contributed by atoms with Crippen LogP contribution >= 0.6 is 0 Å². The number of nitrogens with zero attached hydrogens (tertiary/aromatic N) is 17. The zero-order valence-corrected chi connectivity index (χ0v) is 68.6. The van der Waals surface area contributed by atoms with Gasteiger partial charge in [-0.15, -0.1) is 0 Å². The molecule has 16 aromatic rings. The Morgan fingerprint density at radius 2 is 0.885 bits per heavy atom. The van der Waals surface area contributed by atoms with E-state index in [4.69, 9.17) is 0 Å². The van der Waals surface area contributed by atoms with E-state index in [9.17, 15) is 28.0 Å². The van der Waals surface area contributed by atoms with E-state index in [0.717, 1.165) is 178 Å². The first-order valence-corrected chi connectivity index (χ1v) is 41.9. The third-order valence-electron chi connectivity index (χ3n) is 24.4. The highest BCUT2D eigenvalue weighted by Gasteiger charge is 2.42. The highest BCUT2D eigenvalue weighted by molar-refractivity contribution is 5.96. The van der Waals surface area contributed by atoms with Crippen LogP contribution in [0.2, 0.25) is 0 Å². The number of nitrogens with one attached hydrogen (secondary N) is 4. The van der Waals surface area contributed by atoms with Crippen LogP contribution in [-0.4, -0.2) is 179 Å². The maximum Gasteiger partial charge on any atom is 0.254 e. The van der Waals surface area contributed by atoms with Crippen LogP contribution in [0.5, 0.6) is 0 Å². The molecule has 0 saturated carbocycles. The van der Waals surface area contributed by atoms with Crippen molar-refractivity contribution in [1.82, 2.24) is 105 Å². The summed E-state index contributed by atoms with van der Waals surface area (Å²) >= 11 is 0. The molecule has 122 heavy (non-hydrogen) atoms. The van der Waals surface area contributed by atoms with Crippen LogP contribution in [0, 0.1) is 35.3 Å². The number of H-pyrrole nitrogens is 4. The van der Waals surface area contributed by atoms with Gasteiger partial charge in [-0.2, -0.15) is 51.1 Å². The van der Waals surface area contributed by atoms with Crippen LogP contribution < -0.4 is 0 Å². The molecule has 0 aliphatic carbocycles. The van der Waals surface area contributed by atoms with E-state index in [2.05, 4.69) is 193 Å². The minimum Gasteiger partial charge on any atom is -0.343 e. The first-order chi connectivity index (χ1) is 59.4. The Morgan fingerprint density at radius 1 is 0.426 bits per heavy atom. The molecule has 4 aliphatic rings. The lowest BCUT2D eigenvalue weighted by molar-refractivity contribution is -0.134. The maximum atomic E-state index is 13.5. The number of amides is 4. The van der Waals surface area contributed by atoms with Gasteiger partial charge in [0.2, 0.25) is 11.8 Å². The molecule has 4 fully saturated rings. The minimum atomic E-state index is -0.387. The van der Waals surface area contributed by atoms with Crippen molar-refractivity contribution in [2.45, 2.75) is 123 Å². The molecule has 0 radical (unpaired) electrons. The standard InChI is InChI=1S/C25H27N5O.C24H26N6O.2C23H22FN5O/c1-25(2)12-19(16-29(25)24(31)10-18-6-4-3-5-7-18)17-30-23-9-8-20(11-21(23)15-28-30)22-13-26-27-14-22;31-24(9-6-18-4-2-1-3-5-18)29-12-10-19(11-13-29)17-30-23-8-7-20(14-21(23)15-26-30)22-16-25-28-27-22;1-15-8-16(13-28(15)23(30)17-2-5-21(24)6-3-17)14-29-22-7-4-18(9-19(22)12-27-29)20-10-25-26-11-20;1-15-7-16(13-28(15)23(30)18-3-2-4-21(24)9-18)14-29-22-6-5-17(8-19(22)12-27-29)20-10-25-26-11-20/h3-9,11,13-15,19H,10,12,16-17H2,1-2H3,(H,26,27);1-5,7-8,14-16,19H,6,9-13,17H2,(H,25,27,28);2-7,9-12,15-16H,8,13-14H2,1H3,(H,25,26);2-6,8-12,15-16H,7,13-14H2,1H3,(H,25,26)/t;;2*15-,16?/m..11/s1. The van der Waals surface area contributed by atoms with E-state index in [1.165, 1.54) is 29.8 Å². The summed E-state index contributed by atoms with van der Waals surface area (Å²) in [5.41, 5.74) is 15.8. The summed E-state index contributed by atoms with van der Waals surface area (Å²) in [5, 5.41) is 54.1. The molecule has 27 heteroatoms. The van der Waals surface area contributed by atoms with Crippen LogP contribution in [0.1, 0.15) is 98.1 Å². The number of carbonyl (C=O) groups is 4. The highest BCUT2D eigenvalue weighted by Crippen LogP contribution is 2.37. The van der Waals surface area contributed by atoms with Crippen LogP contribution in [0.15, 0.2) is 250 Å². The van der Waals surface area contributed by atoms with Gasteiger partial charge in [0, 0.05) is 156 Å². The molecule has 0 bridgehead atoms. The number of halogens is 2. The Bertz CT molecular complexity index is 6230. The molecular weight excluding hydrogens is 1540 g/mol. The molecule has 8 aromatic carbocycles. The molecule has 20 rings (SSSR count). The maximum absolute atomic E-state index is 13.5. The second kappa shape index (κ2) is 36.0. The fourth-order valence-electron chi connectivity index (χ4n) is 18.1. The molecule has 4 N–H and O–H groups in total. The largest absolute Gasteiger partial charge is 0.343 e. The second-order valence-corrected chi connectivity index (χ2v) is 33.4. The average Bonchev–Trinajstić information content (AvgIpc) is 1.63. The van der Waals surface area contributed by atoms with Gasteiger partial charge < -0.3 is 19.6 Å². The van der Waals surface area contributed by atoms with Gasteiger partial charge >= 0.3 is 0 Å². The van der Waals surface area contributed by atoms with E-state index < -0.39 is 0 Å². The Hall–Kier alpha value is -13.9. The normalized spacial score (nSPS) is 17.7. The summed E-state index contributed by atoms with van der Waals surface area (Å²) in [7, 11) is 0. The molecule has 5 atom stereocenters. The number of benzene rings is 8. The lowest BCUT2D eigenvalue weighted by Gasteiger charge is -2.32. The SMILES string of the molecule is CC1(C)CC(Cn2ncc3cc(-c4cn[nH]c4)ccc32)CN1C(=O)Cc1ccccc1.C[C@@H]1CC(Cn2ncc3cc(-c4cn[nH]c4)ccc32)CN1C(=O)c1ccc(F)cc1.C[C@@H]1CC(Cn2ncc3cc(-c4cn[nH]c4)ccc32)CN1C(=O)c1cccc(F)c1.O=C(CCc1ccccc1)N1CCC(Cn2ncc3cc(-c4cn[nH]n4)ccc32)CC1. The fourth-order valence-corrected chi connectivity index (χ4v) is 18.1. The van der Waals surface area contributed by atoms with Gasteiger partial charge in [-0.1, -0.05) is 91.0 Å². The Morgan fingerprint density at radius 3 is 1.35 bits per heavy atom. The molecule has 0 spiro atoms. The van der Waals surface area contributed by atoms with Gasteiger partial charge in [-0.3, -0.25) is 53.2 Å². The van der Waals surface area contributed by atoms with Crippen molar-refractivity contribution in [1.29, 1.82) is 0 Å². The molecule has 25 nitrogen and oxygen atoms in total. The quantitative estimate of drug-likeness (QED) is 0.0587. The van der Waals surface area contributed by atoms with Gasteiger partial charge in [0.1, 0.15) is 17.3 Å². The fraction of sp³-hybridized carbons (Fsp3) is 0.295. The molecule has 8 aromatic heterocycles. The highest BCUT2D eigenvalue weighted by atomic mass is 19.1. The lowest BCUT2D eigenvalue weighted by Crippen LogP contribution is -2.43. The van der Waals surface area contributed by atoms with Crippen molar-refractivity contribution >= 4 is 67.2 Å². The Kier molecular flexibility index (Phi) is 23.8. The number of hydrogen-bond donors (Lipinski definition) is 4. The number of carbonyl (C=O) groups excluding carboxylic acids is 4. The summed E-state index contributed by atoms with van der Waals surface area (Å²) in [5.74, 6) is 1.14. The van der Waals surface area contributed by atoms with Gasteiger partial charge in [0.05, 0.1) is 78.1 Å². The summed E-state index contributed by atoms with van der Waals surface area (Å²) in [6.07, 6.45) is 27.1. The number of aryl methyl sites for hydroxylation is 1. The van der Waals surface area contributed by atoms with Gasteiger partial charge in [0.25, 0.3) is 11.8 Å². The smallest absolute Gasteiger partial charge is 0.254 e. The molecule has 4 saturated heterocycles. The van der Waals surface area contributed by atoms with Crippen molar-refractivity contribution in [2.75, 3.05) is 32.7 Å². The number of piperidine rings is 1. The second-order valence-electron chi connectivity index (χ2n) is 33.4. The molecular formula is C95H97F2N21O4. The predicted octanol–water partition coefficient (Wildman–Crippen LogP) is 16.2. The van der Waals surface area contributed by atoms with Gasteiger partial charge in [0.15, 0.2) is 0 Å². The summed E-state index contributed by atoms with van der Waals surface area (Å²) < 4.78 is 34.9. The molecule has 620 valence electrons. The molecule has 4 aliphatic heterocycles. The Labute approximate surface area is 704 Å². The van der Waals surface area contributed by atoms with E-state index in [0.29, 0.717) is 60.7 Å². The molecule has 4 amide bonds. The minimum absolute atomic E-state index is 0.0416. The van der Waals surface area contributed by atoms with Gasteiger partial charge in [-0.05, 0) is 209 Å². The van der Waals surface area contributed by atoms with Crippen molar-refractivity contribution in [2.24, 2.45) is 23.7 Å². The van der Waals surface area contributed by atoms with E-state index in [1.807, 2.05) is 122 Å². The topological polar surface area (TPSA) is 280 Å². The number of likely N-dealkylation sites (tertiary alicyclic amines) is 4. The summed E-state index contributed by atoms with van der Waals surface area (Å²) in [6.45, 7) is 15.4. The van der Waals surface area contributed by atoms with Crippen LogP contribution in [0.25, 0.3) is 88.2 Å². The lowest BCUT2D eigenvalue weighted by atomic mass is 9.96. The van der Waals surface area contributed by atoms with Crippen molar-refractivity contribution in [3.05, 3.63) is 284 Å². The number of rotatable bonds is 19. The summed E-state index contributed by atoms with van der Waals surface area (Å²) in [4.78, 5) is 59.2. The van der Waals surface area contributed by atoms with Crippen molar-refractivity contribution in [3.63, 3.8) is 0 Å². The zero-order chi connectivity index (χ0) is 83.8. The first-order valence-electron chi connectivity index (χ1n) is 41.9. The van der Waals surface area contributed by atoms with Crippen molar-refractivity contribution < 1.29 is 28.0 Å². The van der Waals surface area contributed by atoms with Crippen LogP contribution in [-0.2, 0) is 48.6 Å². The number of hydrogen-bond acceptors (Lipinski definition) is 13. The van der Waals surface area contributed by atoms with Crippen molar-refractivity contribution in [3.8, 4) is 44.6 Å². The molecule has 3 unspecified atom stereocenters. The first kappa shape index (κ1) is 80.6. The van der Waals surface area contributed by atoms with Crippen LogP contribution in [0.4, 0.5) is 8.78 Å². The van der Waals surface area contributed by atoms with Crippen LogP contribution in [0.3, 0.4) is 0 Å². The van der Waals surface area contributed by atoms with E-state index in [-0.39, 0.29) is 52.9 Å². The number of aromatic nitrogens is 17. The number of aromatic amines is 4. The third kappa shape index (κ3) is 18.5. The van der Waals surface area contributed by atoms with E-state index in [1.54, 1.807) is 42.9 Å². The van der Waals surface area contributed by atoms with Gasteiger partial charge in [-0.25, -0.2) is 8.78 Å². The average molecular weight is 1630 g/mol. The number of fused-ring (bicyclic) bond motifs is 4. The monoisotopic (exact) mass is 1630 g/mol. The summed E-state index contributed by atoms with van der Waals surface area (Å²) in [6, 6.07) is 57.4. The predicted molar refractivity (Wildman–Crippen MR) is 465 cm³/mol. The third-order valence-corrected chi connectivity index (χ3v) is 24.4. The van der Waals surface area contributed by atoms with E-state index >= 15 is 0 Å². The molecule has 12 heterocycles. The Balaban J connectivity index is 0.000000116.